The highest BCUT2D eigenvalue weighted by Gasteiger charge is 2.29. The first kappa shape index (κ1) is 17.9. The van der Waals surface area contributed by atoms with Crippen LogP contribution in [0.1, 0.15) is 44.2 Å². The summed E-state index contributed by atoms with van der Waals surface area (Å²) in [7, 11) is -1.92. The van der Waals surface area contributed by atoms with E-state index in [4.69, 9.17) is 10.9 Å². The van der Waals surface area contributed by atoms with Crippen molar-refractivity contribution in [3.05, 3.63) is 29.8 Å². The van der Waals surface area contributed by atoms with Crippen LogP contribution < -0.4 is 10.9 Å². The van der Waals surface area contributed by atoms with E-state index in [1.165, 1.54) is 12.1 Å². The molecule has 1 aliphatic rings. The van der Waals surface area contributed by atoms with Crippen molar-refractivity contribution < 1.29 is 13.2 Å². The first-order chi connectivity index (χ1) is 10.7. The van der Waals surface area contributed by atoms with E-state index < -0.39 is 10.0 Å². The highest BCUT2D eigenvalue weighted by Crippen LogP contribution is 2.28. The Bertz CT molecular complexity index is 658. The highest BCUT2D eigenvalue weighted by atomic mass is 32.2. The number of hydrogen-bond donors (Lipinski definition) is 2. The molecule has 128 valence electrons. The van der Waals surface area contributed by atoms with Crippen LogP contribution in [-0.4, -0.2) is 32.3 Å². The van der Waals surface area contributed by atoms with Gasteiger partial charge in [-0.15, -0.1) is 0 Å². The number of amides is 1. The number of carbonyl (C=O) groups excluding carboxylic acids is 1. The van der Waals surface area contributed by atoms with Crippen molar-refractivity contribution >= 4 is 15.9 Å². The fraction of sp³-hybridized carbons (Fsp3) is 0.562. The number of primary sulfonamides is 1. The Morgan fingerprint density at radius 2 is 1.87 bits per heavy atom. The molecule has 4 N–H and O–H groups in total. The van der Waals surface area contributed by atoms with Gasteiger partial charge in [-0.05, 0) is 43.9 Å². The molecule has 0 heterocycles. The van der Waals surface area contributed by atoms with Crippen LogP contribution in [0.3, 0.4) is 0 Å². The predicted molar refractivity (Wildman–Crippen MR) is 88.9 cm³/mol. The highest BCUT2D eigenvalue weighted by molar-refractivity contribution is 7.89. The predicted octanol–water partition coefficient (Wildman–Crippen LogP) is 1.37. The summed E-state index contributed by atoms with van der Waals surface area (Å²) in [5, 5.41) is 5.10. The molecular formula is C16H25N3O3S. The fourth-order valence-electron chi connectivity index (χ4n) is 3.09. The molecule has 1 aliphatic carbocycles. The molecular weight excluding hydrogens is 314 g/mol. The molecule has 1 aromatic carbocycles. The molecule has 1 amide bonds. The van der Waals surface area contributed by atoms with Crippen LogP contribution in [0.5, 0.6) is 0 Å². The van der Waals surface area contributed by atoms with Crippen LogP contribution in [0, 0.1) is 5.92 Å². The van der Waals surface area contributed by atoms with Gasteiger partial charge in [0.1, 0.15) is 0 Å². The van der Waals surface area contributed by atoms with E-state index in [9.17, 15) is 13.2 Å². The zero-order valence-electron chi connectivity index (χ0n) is 13.6. The summed E-state index contributed by atoms with van der Waals surface area (Å²) >= 11 is 0. The standard InChI is InChI=1S/C16H25N3O3S/c1-11(12-6-8-15(9-7-12)23(18,21)22)19(2)16(20)13-4-3-5-14(17)10-13/h6-9,11,13-14H,3-5,10,17H2,1-2H3,(H2,18,21,22). The summed E-state index contributed by atoms with van der Waals surface area (Å²) in [5.74, 6) is 0.0815. The molecule has 3 unspecified atom stereocenters. The zero-order chi connectivity index (χ0) is 17.2. The topological polar surface area (TPSA) is 106 Å². The molecule has 0 radical (unpaired) electrons. The van der Waals surface area contributed by atoms with Gasteiger partial charge in [0.15, 0.2) is 0 Å². The summed E-state index contributed by atoms with van der Waals surface area (Å²) < 4.78 is 22.6. The van der Waals surface area contributed by atoms with E-state index in [1.54, 1.807) is 24.1 Å². The van der Waals surface area contributed by atoms with Crippen molar-refractivity contribution in [3.63, 3.8) is 0 Å². The van der Waals surface area contributed by atoms with Gasteiger partial charge in [0.05, 0.1) is 10.9 Å². The van der Waals surface area contributed by atoms with Crippen molar-refractivity contribution in [3.8, 4) is 0 Å². The molecule has 6 nitrogen and oxygen atoms in total. The van der Waals surface area contributed by atoms with E-state index >= 15 is 0 Å². The number of carbonyl (C=O) groups is 1. The molecule has 23 heavy (non-hydrogen) atoms. The average molecular weight is 339 g/mol. The lowest BCUT2D eigenvalue weighted by atomic mass is 9.85. The van der Waals surface area contributed by atoms with Crippen molar-refractivity contribution in [1.82, 2.24) is 4.90 Å². The van der Waals surface area contributed by atoms with Crippen LogP contribution in [0.4, 0.5) is 0 Å². The van der Waals surface area contributed by atoms with Crippen molar-refractivity contribution in [1.29, 1.82) is 0 Å². The second kappa shape index (κ2) is 6.98. The summed E-state index contributed by atoms with van der Waals surface area (Å²) in [6.45, 7) is 1.92. The van der Waals surface area contributed by atoms with Crippen LogP contribution in [0.2, 0.25) is 0 Å². The Labute approximate surface area is 137 Å². The summed E-state index contributed by atoms with van der Waals surface area (Å²) in [4.78, 5) is 14.4. The summed E-state index contributed by atoms with van der Waals surface area (Å²) in [6.07, 6.45) is 3.59. The first-order valence-electron chi connectivity index (χ1n) is 7.85. The second-order valence-electron chi connectivity index (χ2n) is 6.36. The normalized spacial score (nSPS) is 23.3. The summed E-state index contributed by atoms with van der Waals surface area (Å²) in [6, 6.07) is 6.29. The molecule has 0 saturated heterocycles. The number of sulfonamides is 1. The molecule has 1 saturated carbocycles. The third-order valence-corrected chi connectivity index (χ3v) is 5.61. The summed E-state index contributed by atoms with van der Waals surface area (Å²) in [5.41, 5.74) is 6.84. The maximum atomic E-state index is 12.6. The van der Waals surface area contributed by atoms with E-state index in [-0.39, 0.29) is 28.8 Å². The minimum Gasteiger partial charge on any atom is -0.339 e. The lowest BCUT2D eigenvalue weighted by Gasteiger charge is -2.32. The van der Waals surface area contributed by atoms with Gasteiger partial charge < -0.3 is 10.6 Å². The lowest BCUT2D eigenvalue weighted by Crippen LogP contribution is -2.39. The number of nitrogens with two attached hydrogens (primary N) is 2. The molecule has 1 aromatic rings. The number of benzene rings is 1. The molecule has 1 fully saturated rings. The van der Waals surface area contributed by atoms with Gasteiger partial charge in [-0.25, -0.2) is 13.6 Å². The fourth-order valence-corrected chi connectivity index (χ4v) is 3.61. The molecule has 0 bridgehead atoms. The first-order valence-corrected chi connectivity index (χ1v) is 9.40. The molecule has 0 aromatic heterocycles. The third kappa shape index (κ3) is 4.31. The maximum Gasteiger partial charge on any atom is 0.238 e. The third-order valence-electron chi connectivity index (χ3n) is 4.68. The number of nitrogens with zero attached hydrogens (tertiary/aromatic N) is 1. The smallest absolute Gasteiger partial charge is 0.238 e. The van der Waals surface area contributed by atoms with Gasteiger partial charge in [0.25, 0.3) is 0 Å². The average Bonchev–Trinajstić information content (AvgIpc) is 2.52. The van der Waals surface area contributed by atoms with Crippen molar-refractivity contribution in [2.75, 3.05) is 7.05 Å². The quantitative estimate of drug-likeness (QED) is 0.864. The maximum absolute atomic E-state index is 12.6. The lowest BCUT2D eigenvalue weighted by molar-refractivity contribution is -0.137. The zero-order valence-corrected chi connectivity index (χ0v) is 14.4. The van der Waals surface area contributed by atoms with E-state index in [2.05, 4.69) is 0 Å². The van der Waals surface area contributed by atoms with Gasteiger partial charge in [0, 0.05) is 19.0 Å². The number of rotatable bonds is 4. The van der Waals surface area contributed by atoms with Crippen LogP contribution in [0.25, 0.3) is 0 Å². The van der Waals surface area contributed by atoms with E-state index in [0.717, 1.165) is 31.2 Å². The van der Waals surface area contributed by atoms with Gasteiger partial charge in [-0.3, -0.25) is 4.79 Å². The Hall–Kier alpha value is -1.44. The second-order valence-corrected chi connectivity index (χ2v) is 7.92. The Balaban J connectivity index is 2.09. The van der Waals surface area contributed by atoms with Crippen LogP contribution in [-0.2, 0) is 14.8 Å². The minimum absolute atomic E-state index is 0.0186. The molecule has 0 aliphatic heterocycles. The monoisotopic (exact) mass is 339 g/mol. The Morgan fingerprint density at radius 3 is 2.39 bits per heavy atom. The molecule has 3 atom stereocenters. The molecule has 2 rings (SSSR count). The van der Waals surface area contributed by atoms with Gasteiger partial charge in [0.2, 0.25) is 15.9 Å². The van der Waals surface area contributed by atoms with Gasteiger partial charge in [-0.1, -0.05) is 18.6 Å². The molecule has 7 heteroatoms. The Morgan fingerprint density at radius 1 is 1.26 bits per heavy atom. The van der Waals surface area contributed by atoms with Gasteiger partial charge in [-0.2, -0.15) is 0 Å². The minimum atomic E-state index is -3.70. The van der Waals surface area contributed by atoms with Gasteiger partial charge >= 0.3 is 0 Å². The van der Waals surface area contributed by atoms with E-state index in [1.807, 2.05) is 6.92 Å². The van der Waals surface area contributed by atoms with Crippen molar-refractivity contribution in [2.45, 2.75) is 49.6 Å². The number of hydrogen-bond acceptors (Lipinski definition) is 4. The largest absolute Gasteiger partial charge is 0.339 e. The van der Waals surface area contributed by atoms with Crippen molar-refractivity contribution in [2.24, 2.45) is 16.8 Å². The van der Waals surface area contributed by atoms with Crippen LogP contribution >= 0.6 is 0 Å². The Kier molecular flexibility index (Phi) is 5.44. The SMILES string of the molecule is CC(c1ccc(S(N)(=O)=O)cc1)N(C)C(=O)C1CCCC(N)C1. The van der Waals surface area contributed by atoms with E-state index in [0.29, 0.717) is 0 Å². The molecule has 0 spiro atoms. The van der Waals surface area contributed by atoms with Crippen LogP contribution in [0.15, 0.2) is 29.2 Å².